The first-order chi connectivity index (χ1) is 10.1. The van der Waals surface area contributed by atoms with Crippen molar-refractivity contribution in [2.75, 3.05) is 26.2 Å². The predicted octanol–water partition coefficient (Wildman–Crippen LogP) is 4.16. The average Bonchev–Trinajstić information content (AvgIpc) is 2.64. The number of rotatable bonds is 5. The Labute approximate surface area is 133 Å². The molecule has 2 heteroatoms. The molecule has 0 bridgehead atoms. The van der Waals surface area contributed by atoms with Gasteiger partial charge in [-0.2, -0.15) is 0 Å². The zero-order valence-corrected chi connectivity index (χ0v) is 14.9. The van der Waals surface area contributed by atoms with Gasteiger partial charge < -0.3 is 10.2 Å². The molecule has 5 atom stereocenters. The van der Waals surface area contributed by atoms with Crippen LogP contribution in [0.15, 0.2) is 0 Å². The highest BCUT2D eigenvalue weighted by molar-refractivity contribution is 4.89. The van der Waals surface area contributed by atoms with Crippen LogP contribution in [0.4, 0.5) is 0 Å². The molecule has 1 aliphatic carbocycles. The normalized spacial score (nSPS) is 39.1. The highest BCUT2D eigenvalue weighted by atomic mass is 15.1. The van der Waals surface area contributed by atoms with Crippen molar-refractivity contribution in [1.29, 1.82) is 0 Å². The lowest BCUT2D eigenvalue weighted by molar-refractivity contribution is 0.102. The SMILES string of the molecule is CCCNC1CC(C)CC(C)C1CN1CCCC(C)CC1. The van der Waals surface area contributed by atoms with Crippen LogP contribution in [-0.4, -0.2) is 37.1 Å². The van der Waals surface area contributed by atoms with E-state index in [-0.39, 0.29) is 0 Å². The van der Waals surface area contributed by atoms with E-state index in [1.54, 1.807) is 0 Å². The molecule has 0 aromatic heterocycles. The smallest absolute Gasteiger partial charge is 0.0113 e. The molecular weight excluding hydrogens is 256 g/mol. The standard InChI is InChI=1S/C19H38N2/c1-5-9-20-19-13-16(3)12-17(4)18(19)14-21-10-6-7-15(2)8-11-21/h15-20H,5-14H2,1-4H3. The summed E-state index contributed by atoms with van der Waals surface area (Å²) in [5, 5.41) is 3.87. The topological polar surface area (TPSA) is 15.3 Å². The van der Waals surface area contributed by atoms with Crippen LogP contribution in [0.1, 0.15) is 66.2 Å². The summed E-state index contributed by atoms with van der Waals surface area (Å²) in [5.74, 6) is 3.58. The molecule has 2 fully saturated rings. The Kier molecular flexibility index (Phi) is 7.01. The summed E-state index contributed by atoms with van der Waals surface area (Å²) in [6, 6.07) is 0.754. The molecule has 2 aliphatic rings. The molecule has 0 aromatic carbocycles. The van der Waals surface area contributed by atoms with E-state index in [1.165, 1.54) is 64.7 Å². The summed E-state index contributed by atoms with van der Waals surface area (Å²) in [6.07, 6.45) is 8.33. The van der Waals surface area contributed by atoms with Gasteiger partial charge in [-0.05, 0) is 81.8 Å². The Morgan fingerprint density at radius 3 is 2.57 bits per heavy atom. The highest BCUT2D eigenvalue weighted by Crippen LogP contribution is 2.35. The van der Waals surface area contributed by atoms with E-state index >= 15 is 0 Å². The van der Waals surface area contributed by atoms with Crippen molar-refractivity contribution in [3.63, 3.8) is 0 Å². The maximum absolute atomic E-state index is 3.87. The number of likely N-dealkylation sites (tertiary alicyclic amines) is 1. The average molecular weight is 295 g/mol. The first kappa shape index (κ1) is 17.3. The highest BCUT2D eigenvalue weighted by Gasteiger charge is 2.34. The number of nitrogens with zero attached hydrogens (tertiary/aromatic N) is 1. The largest absolute Gasteiger partial charge is 0.314 e. The van der Waals surface area contributed by atoms with Crippen molar-refractivity contribution in [3.8, 4) is 0 Å². The van der Waals surface area contributed by atoms with Crippen molar-refractivity contribution < 1.29 is 0 Å². The second-order valence-electron chi connectivity index (χ2n) is 8.12. The quantitative estimate of drug-likeness (QED) is 0.819. The first-order valence-electron chi connectivity index (χ1n) is 9.55. The Hall–Kier alpha value is -0.0800. The van der Waals surface area contributed by atoms with Crippen LogP contribution in [0.25, 0.3) is 0 Å². The monoisotopic (exact) mass is 294 g/mol. The van der Waals surface area contributed by atoms with Gasteiger partial charge >= 0.3 is 0 Å². The molecule has 5 unspecified atom stereocenters. The van der Waals surface area contributed by atoms with E-state index in [1.807, 2.05) is 0 Å². The second-order valence-corrected chi connectivity index (χ2v) is 8.12. The molecular formula is C19H38N2. The van der Waals surface area contributed by atoms with Crippen molar-refractivity contribution in [1.82, 2.24) is 10.2 Å². The fourth-order valence-electron chi connectivity index (χ4n) is 4.59. The Morgan fingerprint density at radius 1 is 1.00 bits per heavy atom. The van der Waals surface area contributed by atoms with Gasteiger partial charge in [-0.1, -0.05) is 27.7 Å². The molecule has 1 N–H and O–H groups in total. The Bertz CT molecular complexity index is 291. The molecule has 0 aromatic rings. The van der Waals surface area contributed by atoms with Crippen molar-refractivity contribution in [2.24, 2.45) is 23.7 Å². The first-order valence-corrected chi connectivity index (χ1v) is 9.55. The molecule has 1 saturated heterocycles. The third kappa shape index (κ3) is 5.25. The van der Waals surface area contributed by atoms with E-state index in [4.69, 9.17) is 0 Å². The summed E-state index contributed by atoms with van der Waals surface area (Å²) >= 11 is 0. The van der Waals surface area contributed by atoms with Crippen molar-refractivity contribution in [3.05, 3.63) is 0 Å². The van der Waals surface area contributed by atoms with Gasteiger partial charge in [-0.25, -0.2) is 0 Å². The zero-order valence-electron chi connectivity index (χ0n) is 14.9. The molecule has 21 heavy (non-hydrogen) atoms. The minimum atomic E-state index is 0.754. The molecule has 0 amide bonds. The maximum Gasteiger partial charge on any atom is 0.0113 e. The van der Waals surface area contributed by atoms with Crippen LogP contribution in [0.3, 0.4) is 0 Å². The van der Waals surface area contributed by atoms with Crippen molar-refractivity contribution in [2.45, 2.75) is 72.3 Å². The van der Waals surface area contributed by atoms with Crippen LogP contribution in [0.2, 0.25) is 0 Å². The van der Waals surface area contributed by atoms with Gasteiger partial charge in [-0.3, -0.25) is 0 Å². The van der Waals surface area contributed by atoms with Gasteiger partial charge in [0, 0.05) is 12.6 Å². The van der Waals surface area contributed by atoms with Gasteiger partial charge in [0.15, 0.2) is 0 Å². The van der Waals surface area contributed by atoms with E-state index in [0.717, 1.165) is 29.7 Å². The van der Waals surface area contributed by atoms with E-state index in [0.29, 0.717) is 0 Å². The van der Waals surface area contributed by atoms with Crippen LogP contribution in [-0.2, 0) is 0 Å². The Balaban J connectivity index is 1.93. The molecule has 2 nitrogen and oxygen atoms in total. The second kappa shape index (κ2) is 8.53. The fraction of sp³-hybridized carbons (Fsp3) is 1.00. The molecule has 1 heterocycles. The lowest BCUT2D eigenvalue weighted by Crippen LogP contribution is -2.49. The van der Waals surface area contributed by atoms with E-state index in [9.17, 15) is 0 Å². The summed E-state index contributed by atoms with van der Waals surface area (Å²) in [7, 11) is 0. The van der Waals surface area contributed by atoms with Crippen LogP contribution >= 0.6 is 0 Å². The Morgan fingerprint density at radius 2 is 1.81 bits per heavy atom. The van der Waals surface area contributed by atoms with Gasteiger partial charge in [0.1, 0.15) is 0 Å². The summed E-state index contributed by atoms with van der Waals surface area (Å²) < 4.78 is 0. The lowest BCUT2D eigenvalue weighted by Gasteiger charge is -2.42. The molecule has 1 saturated carbocycles. The fourth-order valence-corrected chi connectivity index (χ4v) is 4.59. The third-order valence-corrected chi connectivity index (χ3v) is 5.91. The number of hydrogen-bond donors (Lipinski definition) is 1. The van der Waals surface area contributed by atoms with Crippen LogP contribution in [0, 0.1) is 23.7 Å². The molecule has 0 spiro atoms. The number of hydrogen-bond acceptors (Lipinski definition) is 2. The van der Waals surface area contributed by atoms with Gasteiger partial charge in [0.2, 0.25) is 0 Å². The molecule has 1 aliphatic heterocycles. The number of nitrogens with one attached hydrogen (secondary N) is 1. The summed E-state index contributed by atoms with van der Waals surface area (Å²) in [6.45, 7) is 14.9. The molecule has 0 radical (unpaired) electrons. The van der Waals surface area contributed by atoms with Crippen molar-refractivity contribution >= 4 is 0 Å². The maximum atomic E-state index is 3.87. The lowest BCUT2D eigenvalue weighted by atomic mass is 9.72. The van der Waals surface area contributed by atoms with E-state index in [2.05, 4.69) is 37.9 Å². The molecule has 2 rings (SSSR count). The minimum Gasteiger partial charge on any atom is -0.314 e. The van der Waals surface area contributed by atoms with Gasteiger partial charge in [-0.15, -0.1) is 0 Å². The van der Waals surface area contributed by atoms with Crippen LogP contribution in [0.5, 0.6) is 0 Å². The van der Waals surface area contributed by atoms with Gasteiger partial charge in [0.05, 0.1) is 0 Å². The summed E-state index contributed by atoms with van der Waals surface area (Å²) in [4.78, 5) is 2.78. The zero-order chi connectivity index (χ0) is 15.2. The minimum absolute atomic E-state index is 0.754. The summed E-state index contributed by atoms with van der Waals surface area (Å²) in [5.41, 5.74) is 0. The van der Waals surface area contributed by atoms with Crippen LogP contribution < -0.4 is 5.32 Å². The molecule has 124 valence electrons. The predicted molar refractivity (Wildman–Crippen MR) is 92.6 cm³/mol. The van der Waals surface area contributed by atoms with Gasteiger partial charge in [0.25, 0.3) is 0 Å². The third-order valence-electron chi connectivity index (χ3n) is 5.91. The van der Waals surface area contributed by atoms with E-state index < -0.39 is 0 Å².